The fourth-order valence-corrected chi connectivity index (χ4v) is 4.45. The molecule has 0 unspecified atom stereocenters. The summed E-state index contributed by atoms with van der Waals surface area (Å²) in [7, 11) is 0. The lowest BCUT2D eigenvalue weighted by atomic mass is 10.0. The highest BCUT2D eigenvalue weighted by Crippen LogP contribution is 2.41. The number of fused-ring (bicyclic) bond motifs is 3. The Morgan fingerprint density at radius 3 is 2.58 bits per heavy atom. The first kappa shape index (κ1) is 19.4. The molecule has 1 aliphatic carbocycles. The van der Waals surface area contributed by atoms with Gasteiger partial charge in [-0.1, -0.05) is 36.4 Å². The topological polar surface area (TPSA) is 91.6 Å². The highest BCUT2D eigenvalue weighted by Gasteiger charge is 2.33. The summed E-state index contributed by atoms with van der Waals surface area (Å²) in [5.74, 6) is 0.150. The standard InChI is InChI=1S/C24H23N3O4/c28-22-14-26(13-19(25-24(30)31)10-15-4-2-1-3-5-15)23(29)21-12-18-11-17(16-6-7-16)8-9-20(18)27(21)22/h1-5,8-9,11-12,16,19,25H,6-7,10,13-14H2,(H,30,31)/t19-/m0/s1. The van der Waals surface area contributed by atoms with Gasteiger partial charge in [0.1, 0.15) is 12.2 Å². The van der Waals surface area contributed by atoms with E-state index in [2.05, 4.69) is 11.4 Å². The molecular weight excluding hydrogens is 394 g/mol. The second kappa shape index (κ2) is 7.58. The van der Waals surface area contributed by atoms with Crippen molar-refractivity contribution < 1.29 is 19.5 Å². The van der Waals surface area contributed by atoms with Crippen molar-refractivity contribution in [1.29, 1.82) is 0 Å². The van der Waals surface area contributed by atoms with E-state index in [4.69, 9.17) is 0 Å². The Morgan fingerprint density at radius 1 is 1.10 bits per heavy atom. The first-order valence-electron chi connectivity index (χ1n) is 10.5. The van der Waals surface area contributed by atoms with Gasteiger partial charge < -0.3 is 15.3 Å². The van der Waals surface area contributed by atoms with E-state index >= 15 is 0 Å². The molecule has 2 amide bonds. The number of aromatic nitrogens is 1. The Kier molecular flexibility index (Phi) is 4.73. The molecule has 2 heterocycles. The lowest BCUT2D eigenvalue weighted by Gasteiger charge is -2.31. The van der Waals surface area contributed by atoms with E-state index in [1.807, 2.05) is 42.5 Å². The van der Waals surface area contributed by atoms with E-state index in [1.165, 1.54) is 27.9 Å². The first-order valence-corrected chi connectivity index (χ1v) is 10.5. The van der Waals surface area contributed by atoms with Gasteiger partial charge in [-0.05, 0) is 54.5 Å². The fourth-order valence-electron chi connectivity index (χ4n) is 4.45. The number of carboxylic acid groups (broad SMARTS) is 1. The number of carbonyl (C=O) groups is 3. The molecule has 5 rings (SSSR count). The minimum Gasteiger partial charge on any atom is -0.465 e. The quantitative estimate of drug-likeness (QED) is 0.642. The van der Waals surface area contributed by atoms with E-state index in [1.54, 1.807) is 6.07 Å². The van der Waals surface area contributed by atoms with Crippen molar-refractivity contribution in [3.05, 3.63) is 71.4 Å². The van der Waals surface area contributed by atoms with Crippen LogP contribution in [0.25, 0.3) is 10.9 Å². The second-order valence-electron chi connectivity index (χ2n) is 8.37. The molecule has 2 aliphatic rings. The summed E-state index contributed by atoms with van der Waals surface area (Å²) in [6.07, 6.45) is 1.64. The van der Waals surface area contributed by atoms with Crippen LogP contribution in [0.1, 0.15) is 45.2 Å². The number of rotatable bonds is 6. The van der Waals surface area contributed by atoms with Crippen LogP contribution >= 0.6 is 0 Å². The van der Waals surface area contributed by atoms with Gasteiger partial charge in [-0.15, -0.1) is 0 Å². The molecule has 7 nitrogen and oxygen atoms in total. The van der Waals surface area contributed by atoms with Gasteiger partial charge in [-0.25, -0.2) is 4.79 Å². The van der Waals surface area contributed by atoms with E-state index in [9.17, 15) is 19.5 Å². The SMILES string of the molecule is O=C(O)N[C@@H](Cc1ccccc1)CN1CC(=O)n2c(cc3cc(C4CC4)ccc32)C1=O. The molecule has 7 heteroatoms. The van der Waals surface area contributed by atoms with Crippen molar-refractivity contribution in [1.82, 2.24) is 14.8 Å². The van der Waals surface area contributed by atoms with Gasteiger partial charge >= 0.3 is 6.09 Å². The fraction of sp³-hybridized carbons (Fsp3) is 0.292. The van der Waals surface area contributed by atoms with Crippen molar-refractivity contribution in [3.63, 3.8) is 0 Å². The smallest absolute Gasteiger partial charge is 0.404 e. The molecule has 1 aromatic heterocycles. The molecule has 0 spiro atoms. The molecule has 158 valence electrons. The third kappa shape index (κ3) is 3.79. The largest absolute Gasteiger partial charge is 0.465 e. The Balaban J connectivity index is 1.42. The van der Waals surface area contributed by atoms with Gasteiger partial charge in [-0.3, -0.25) is 14.2 Å². The van der Waals surface area contributed by atoms with Crippen molar-refractivity contribution >= 4 is 28.8 Å². The van der Waals surface area contributed by atoms with Crippen LogP contribution in [-0.2, 0) is 6.42 Å². The number of hydrogen-bond donors (Lipinski definition) is 2. The van der Waals surface area contributed by atoms with Crippen LogP contribution in [0.3, 0.4) is 0 Å². The molecular formula is C24H23N3O4. The summed E-state index contributed by atoms with van der Waals surface area (Å²) in [6.45, 7) is 0.0488. The Labute approximate surface area is 179 Å². The third-order valence-electron chi connectivity index (χ3n) is 6.05. The molecule has 31 heavy (non-hydrogen) atoms. The summed E-state index contributed by atoms with van der Waals surface area (Å²) in [6, 6.07) is 16.8. The van der Waals surface area contributed by atoms with Crippen LogP contribution in [0.4, 0.5) is 4.79 Å². The predicted molar refractivity (Wildman–Crippen MR) is 116 cm³/mol. The second-order valence-corrected chi connectivity index (χ2v) is 8.37. The Hall–Kier alpha value is -3.61. The molecule has 3 aromatic rings. The lowest BCUT2D eigenvalue weighted by Crippen LogP contribution is -2.51. The third-order valence-corrected chi connectivity index (χ3v) is 6.05. The number of carbonyl (C=O) groups excluding carboxylic acids is 2. The number of nitrogens with zero attached hydrogens (tertiary/aromatic N) is 2. The van der Waals surface area contributed by atoms with E-state index in [0.717, 1.165) is 16.5 Å². The molecule has 0 bridgehead atoms. The van der Waals surface area contributed by atoms with Gasteiger partial charge in [0.25, 0.3) is 11.8 Å². The predicted octanol–water partition coefficient (Wildman–Crippen LogP) is 3.49. The maximum atomic E-state index is 13.2. The average Bonchev–Trinajstić information content (AvgIpc) is 3.51. The average molecular weight is 417 g/mol. The maximum absolute atomic E-state index is 13.2. The van der Waals surface area contributed by atoms with Gasteiger partial charge in [0, 0.05) is 11.9 Å². The summed E-state index contributed by atoms with van der Waals surface area (Å²) >= 11 is 0. The lowest BCUT2D eigenvalue weighted by molar-refractivity contribution is 0.0608. The van der Waals surface area contributed by atoms with E-state index < -0.39 is 12.1 Å². The van der Waals surface area contributed by atoms with Crippen molar-refractivity contribution in [2.24, 2.45) is 0 Å². The first-order chi connectivity index (χ1) is 15.0. The van der Waals surface area contributed by atoms with E-state index in [-0.39, 0.29) is 24.9 Å². The summed E-state index contributed by atoms with van der Waals surface area (Å²) in [5, 5.41) is 12.6. The zero-order valence-electron chi connectivity index (χ0n) is 17.0. The van der Waals surface area contributed by atoms with Gasteiger partial charge in [0.15, 0.2) is 0 Å². The van der Waals surface area contributed by atoms with Crippen LogP contribution in [0.2, 0.25) is 0 Å². The molecule has 1 fully saturated rings. The molecule has 2 aromatic carbocycles. The van der Waals surface area contributed by atoms with Crippen molar-refractivity contribution in [2.75, 3.05) is 13.1 Å². The zero-order chi connectivity index (χ0) is 21.5. The minimum atomic E-state index is -1.15. The zero-order valence-corrected chi connectivity index (χ0v) is 17.0. The minimum absolute atomic E-state index is 0.0768. The summed E-state index contributed by atoms with van der Waals surface area (Å²) < 4.78 is 1.50. The summed E-state index contributed by atoms with van der Waals surface area (Å²) in [5.41, 5.74) is 3.30. The van der Waals surface area contributed by atoms with Crippen molar-refractivity contribution in [2.45, 2.75) is 31.2 Å². The normalized spacial score (nSPS) is 17.0. The van der Waals surface area contributed by atoms with Crippen molar-refractivity contribution in [3.8, 4) is 0 Å². The van der Waals surface area contributed by atoms with Gasteiger partial charge in [0.05, 0.1) is 11.6 Å². The van der Waals surface area contributed by atoms with Crippen LogP contribution in [0, 0.1) is 0 Å². The highest BCUT2D eigenvalue weighted by molar-refractivity contribution is 6.09. The monoisotopic (exact) mass is 417 g/mol. The molecule has 0 saturated heterocycles. The van der Waals surface area contributed by atoms with Crippen LogP contribution in [0.15, 0.2) is 54.6 Å². The Bertz CT molecular complexity index is 1180. The molecule has 1 saturated carbocycles. The number of hydrogen-bond acceptors (Lipinski definition) is 3. The molecule has 0 radical (unpaired) electrons. The number of benzene rings is 2. The van der Waals surface area contributed by atoms with Gasteiger partial charge in [0.2, 0.25) is 0 Å². The number of nitrogens with one attached hydrogen (secondary N) is 1. The van der Waals surface area contributed by atoms with E-state index in [0.29, 0.717) is 18.0 Å². The summed E-state index contributed by atoms with van der Waals surface area (Å²) in [4.78, 5) is 38.9. The Morgan fingerprint density at radius 2 is 1.87 bits per heavy atom. The maximum Gasteiger partial charge on any atom is 0.404 e. The molecule has 1 aliphatic heterocycles. The van der Waals surface area contributed by atoms with Crippen LogP contribution < -0.4 is 5.32 Å². The van der Waals surface area contributed by atoms with Crippen LogP contribution in [-0.4, -0.2) is 51.6 Å². The molecule has 2 N–H and O–H groups in total. The van der Waals surface area contributed by atoms with Gasteiger partial charge in [-0.2, -0.15) is 0 Å². The molecule has 1 atom stereocenters. The number of amides is 2. The van der Waals surface area contributed by atoms with Crippen LogP contribution in [0.5, 0.6) is 0 Å². The highest BCUT2D eigenvalue weighted by atomic mass is 16.4.